The third-order valence-electron chi connectivity index (χ3n) is 14.0. The van der Waals surface area contributed by atoms with Gasteiger partial charge in [0.15, 0.2) is 0 Å². The maximum absolute atomic E-state index is 9.79. The molecular formula is C84H52S2. The molecule has 0 aliphatic rings. The molecule has 0 nitrogen and oxygen atoms in total. The van der Waals surface area contributed by atoms with E-state index < -0.39 is 434 Å². The molecule has 0 aliphatic heterocycles. The fourth-order valence-corrected chi connectivity index (χ4v) is 12.2. The molecule has 18 aromatic rings. The average molecular weight is 1180 g/mol. The lowest BCUT2D eigenvalue weighted by Gasteiger charge is -2.19. The summed E-state index contributed by atoms with van der Waals surface area (Å²) in [5.74, 6) is 0. The van der Waals surface area contributed by atoms with E-state index in [1.165, 1.54) is 0 Å². The van der Waals surface area contributed by atoms with Crippen LogP contribution >= 0.6 is 22.7 Å². The van der Waals surface area contributed by atoms with Gasteiger partial charge in [-0.05, 0) is 174 Å². The van der Waals surface area contributed by atoms with E-state index in [4.69, 9.17) is 43.9 Å². The maximum Gasteiger partial charge on any atom is 0.0638 e. The van der Waals surface area contributed by atoms with Crippen LogP contribution in [0.25, 0.3) is 172 Å². The number of fused-ring (bicyclic) bond motifs is 12. The quantitative estimate of drug-likeness (QED) is 0.146. The van der Waals surface area contributed by atoms with Gasteiger partial charge in [0.1, 0.15) is 0 Å². The van der Waals surface area contributed by atoms with Crippen molar-refractivity contribution in [1.82, 2.24) is 0 Å². The Balaban J connectivity index is 0.000000190. The molecular weight excluding hydrogens is 1070 g/mol. The summed E-state index contributed by atoms with van der Waals surface area (Å²) >= 11 is 1.42. The van der Waals surface area contributed by atoms with Gasteiger partial charge in [-0.25, -0.2) is 0 Å². The standard InChI is InChI=1S/2C42H26S/c1-2-15-31-27(11-1)12-10-21-32(31)28-13-9-14-29(25-28)41-34-17-3-5-19-36(34)42(37-20-6-4-18-35(37)41)30-23-24-40-38(26-30)33-16-7-8-22-39(33)43-40;1-2-12-31-28(10-1)11-9-18-33(31)42-36-16-5-3-14-34(36)41(35-15-4-6-17-37(35)42)29-22-20-27(21-23-29)30-24-25-40-38(26-30)32-13-7-8-19-39(32)43-40/h2*1-26H/i1D,2D,3D,4D,5D,6D,7D,8D,9D,10D,11D,12D,13D,14D,16D,17D,18D,19D,20D,21D,22D,23D,24D,25D,26D;1D,2D,3D,4D,5D,6D,7D,8D,9D,10D,11D,12D,13D,14D,15D,16D,17D,18D,19D,20D,21D,22D,23D,24D,25D,26D. The van der Waals surface area contributed by atoms with Crippen LogP contribution in [0.3, 0.4) is 0 Å². The molecule has 0 saturated carbocycles. The first-order valence-electron chi connectivity index (χ1n) is 50.9. The van der Waals surface area contributed by atoms with Crippen LogP contribution in [0.15, 0.2) is 314 Å². The summed E-state index contributed by atoms with van der Waals surface area (Å²) in [6.45, 7) is 0. The molecule has 0 bridgehead atoms. The number of hydrogen-bond donors (Lipinski definition) is 0. The topological polar surface area (TPSA) is 0 Å². The van der Waals surface area contributed by atoms with Gasteiger partial charge < -0.3 is 0 Å². The molecule has 0 atom stereocenters. The summed E-state index contributed by atoms with van der Waals surface area (Å²) < 4.78 is 456. The number of hydrogen-bond acceptors (Lipinski definition) is 2. The van der Waals surface area contributed by atoms with Crippen molar-refractivity contribution in [2.45, 2.75) is 0 Å². The second-order valence-corrected chi connectivity index (χ2v) is 20.6. The summed E-state index contributed by atoms with van der Waals surface area (Å²) in [4.78, 5) is 0. The minimum Gasteiger partial charge on any atom is -0.135 e. The van der Waals surface area contributed by atoms with Crippen molar-refractivity contribution < 1.29 is 69.9 Å². The van der Waals surface area contributed by atoms with Crippen LogP contribution in [0.4, 0.5) is 0 Å². The molecule has 0 aliphatic carbocycles. The van der Waals surface area contributed by atoms with E-state index in [0.717, 1.165) is 6.07 Å². The van der Waals surface area contributed by atoms with Crippen LogP contribution in [0.1, 0.15) is 69.9 Å². The van der Waals surface area contributed by atoms with Crippen molar-refractivity contribution in [3.8, 4) is 66.8 Å². The first kappa shape index (κ1) is 20.6. The molecule has 0 unspecified atom stereocenters. The van der Waals surface area contributed by atoms with E-state index in [1.54, 1.807) is 0 Å². The SMILES string of the molecule is [2H]c1c([2H])c(-c2c3c([2H])c([2H])c([2H])c([2H])c3c(-c3c([2H])c([2H])c([2H])c4c([2H])c([2H])c([2H])c([2H])c34)c3c([2H])c([2H])c([2H])c([2H])c23)c([2H])c([2H])c1-c1c([2H])c([2H])c2sc3c([2H])c([2H])c([2H])c([2H])c3c2c1[2H].[2H]c1cc2c(-c3c([2H])c([2H])c([2H])c(-c4c5c([2H])c([2H])c([2H])c([2H])c5c(-c5c([2H])c([2H])c6sc7c([2H])c([2H])c([2H])c([2H])c7c6c5[2H])c5c([2H])c([2H])c([2H])c([2H])c45)c3[2H])c([2H])c([2H])c([2H])c2c([2H])c1[2H]. The summed E-state index contributed by atoms with van der Waals surface area (Å²) in [7, 11) is 0. The van der Waals surface area contributed by atoms with Gasteiger partial charge >= 0.3 is 0 Å². The van der Waals surface area contributed by atoms with Gasteiger partial charge in [-0.1, -0.05) is 272 Å². The van der Waals surface area contributed by atoms with Gasteiger partial charge in [-0.3, -0.25) is 0 Å². The van der Waals surface area contributed by atoms with Gasteiger partial charge in [0.05, 0.1) is 69.9 Å². The third kappa shape index (κ3) is 8.32. The Bertz CT molecular complexity index is 8690. The number of thiophene rings is 2. The highest BCUT2D eigenvalue weighted by molar-refractivity contribution is 7.26. The van der Waals surface area contributed by atoms with E-state index in [-0.39, 0.29) is 45.7 Å². The van der Waals surface area contributed by atoms with E-state index in [2.05, 4.69) is 0 Å². The lowest BCUT2D eigenvalue weighted by Crippen LogP contribution is -1.91. The van der Waals surface area contributed by atoms with Crippen molar-refractivity contribution in [1.29, 1.82) is 0 Å². The average Bonchev–Trinajstić information content (AvgIpc) is 1.65. The Morgan fingerprint density at radius 3 is 1.09 bits per heavy atom. The molecule has 0 radical (unpaired) electrons. The molecule has 0 N–H and O–H groups in total. The first-order chi connectivity index (χ1) is 63.9. The van der Waals surface area contributed by atoms with Gasteiger partial charge in [0.2, 0.25) is 0 Å². The second-order valence-electron chi connectivity index (χ2n) is 18.6. The monoisotopic (exact) mass is 1180 g/mol. The predicted octanol–water partition coefficient (Wildman–Crippen LogP) is 25.0. The van der Waals surface area contributed by atoms with Gasteiger partial charge in [-0.2, -0.15) is 0 Å². The van der Waals surface area contributed by atoms with Crippen molar-refractivity contribution >= 4 is 128 Å². The van der Waals surface area contributed by atoms with Crippen LogP contribution in [0, 0.1) is 0 Å². The lowest BCUT2D eigenvalue weighted by atomic mass is 9.84. The summed E-state index contributed by atoms with van der Waals surface area (Å²) in [5.41, 5.74) is -8.34. The van der Waals surface area contributed by atoms with E-state index in [9.17, 15) is 26.0 Å². The summed E-state index contributed by atoms with van der Waals surface area (Å²) in [6, 6.07) is -41.9. The third-order valence-corrected chi connectivity index (χ3v) is 16.0. The van der Waals surface area contributed by atoms with Gasteiger partial charge in [-0.15, -0.1) is 22.7 Å². The molecule has 18 rings (SSSR count). The largest absolute Gasteiger partial charge is 0.135 e. The zero-order valence-corrected chi connectivity index (χ0v) is 44.5. The Labute approximate surface area is 578 Å². The fraction of sp³-hybridized carbons (Fsp3) is 0. The predicted molar refractivity (Wildman–Crippen MR) is 376 cm³/mol. The highest BCUT2D eigenvalue weighted by Gasteiger charge is 2.21. The van der Waals surface area contributed by atoms with Gasteiger partial charge in [0, 0.05) is 40.3 Å². The maximum atomic E-state index is 9.79. The van der Waals surface area contributed by atoms with E-state index >= 15 is 0 Å². The van der Waals surface area contributed by atoms with Crippen LogP contribution in [0.5, 0.6) is 0 Å². The zero-order chi connectivity index (χ0) is 101. The first-order valence-corrected chi connectivity index (χ1v) is 27.0. The van der Waals surface area contributed by atoms with Gasteiger partial charge in [0.25, 0.3) is 0 Å². The molecule has 0 fully saturated rings. The molecule has 2 heteroatoms. The normalized spacial score (nSPS) is 20.0. The molecule has 2 aromatic heterocycles. The zero-order valence-electron chi connectivity index (χ0n) is 93.9. The Morgan fingerprint density at radius 2 is 0.535 bits per heavy atom. The minimum atomic E-state index is -1.04. The molecule has 0 spiro atoms. The van der Waals surface area contributed by atoms with Crippen LogP contribution in [0.2, 0.25) is 0 Å². The summed E-state index contributed by atoms with van der Waals surface area (Å²) in [6.07, 6.45) is 0. The lowest BCUT2D eigenvalue weighted by molar-refractivity contribution is 1.63. The molecule has 2 heterocycles. The van der Waals surface area contributed by atoms with Crippen molar-refractivity contribution in [2.75, 3.05) is 0 Å². The van der Waals surface area contributed by atoms with Crippen molar-refractivity contribution in [3.05, 3.63) is 314 Å². The molecule has 16 aromatic carbocycles. The smallest absolute Gasteiger partial charge is 0.0638 e. The molecule has 0 saturated heterocycles. The second kappa shape index (κ2) is 20.7. The Hall–Kier alpha value is -10.5. The number of rotatable bonds is 6. The number of benzene rings is 16. The highest BCUT2D eigenvalue weighted by Crippen LogP contribution is 2.48. The van der Waals surface area contributed by atoms with E-state index in [1.807, 2.05) is 0 Å². The van der Waals surface area contributed by atoms with Crippen LogP contribution < -0.4 is 0 Å². The molecule has 400 valence electrons. The Kier molecular flexibility index (Phi) is 4.97. The van der Waals surface area contributed by atoms with Crippen molar-refractivity contribution in [2.24, 2.45) is 0 Å². The van der Waals surface area contributed by atoms with Crippen LogP contribution in [-0.4, -0.2) is 0 Å². The molecule has 0 amide bonds. The highest BCUT2D eigenvalue weighted by atomic mass is 32.1. The van der Waals surface area contributed by atoms with Crippen LogP contribution in [-0.2, 0) is 0 Å². The fourth-order valence-electron chi connectivity index (χ4n) is 10.3. The molecule has 86 heavy (non-hydrogen) atoms. The van der Waals surface area contributed by atoms with E-state index in [0.29, 0.717) is 22.7 Å². The summed E-state index contributed by atoms with van der Waals surface area (Å²) in [5, 5.41) is -8.43. The Morgan fingerprint density at radius 1 is 0.186 bits per heavy atom. The van der Waals surface area contributed by atoms with Crippen molar-refractivity contribution in [3.63, 3.8) is 0 Å². The minimum absolute atomic E-state index is 0.0544.